The fourth-order valence-corrected chi connectivity index (χ4v) is 2.24. The Morgan fingerprint density at radius 2 is 1.76 bits per heavy atom. The molecule has 0 N–H and O–H groups in total. The van der Waals surface area contributed by atoms with Crippen LogP contribution in [0, 0.1) is 0 Å². The van der Waals surface area contributed by atoms with Crippen molar-refractivity contribution in [3.63, 3.8) is 0 Å². The molecule has 0 aliphatic heterocycles. The molecule has 0 unspecified atom stereocenters. The van der Waals surface area contributed by atoms with Crippen LogP contribution in [-0.4, -0.2) is 22.2 Å². The molecular weight excluding hydrogens is 238 g/mol. The average molecular weight is 255 g/mol. The Hall–Kier alpha value is -1.36. The lowest BCUT2D eigenvalue weighted by Gasteiger charge is -2.17. The van der Waals surface area contributed by atoms with Crippen molar-refractivity contribution in [2.45, 2.75) is 31.3 Å². The van der Waals surface area contributed by atoms with Crippen molar-refractivity contribution in [1.82, 2.24) is 0 Å². The monoisotopic (exact) mass is 255 g/mol. The smallest absolute Gasteiger partial charge is 0.442 e. The van der Waals surface area contributed by atoms with Gasteiger partial charge in [0.15, 0.2) is 0 Å². The van der Waals surface area contributed by atoms with Crippen molar-refractivity contribution < 1.29 is 13.7 Å². The SMILES string of the molecule is CC(C)(C)OC(=O)N=[S@](C)(=O)c1ccccc1. The highest BCUT2D eigenvalue weighted by molar-refractivity contribution is 7.93. The van der Waals surface area contributed by atoms with Gasteiger partial charge in [0.1, 0.15) is 5.60 Å². The largest absolute Gasteiger partial charge is 0.442 e. The van der Waals surface area contributed by atoms with Gasteiger partial charge in [-0.3, -0.25) is 0 Å². The molecule has 1 aromatic carbocycles. The minimum absolute atomic E-state index is 0.519. The third-order valence-corrected chi connectivity index (χ3v) is 3.47. The minimum Gasteiger partial charge on any atom is -0.442 e. The molecule has 0 spiro atoms. The zero-order valence-electron chi connectivity index (χ0n) is 10.5. The van der Waals surface area contributed by atoms with Crippen molar-refractivity contribution >= 4 is 15.8 Å². The zero-order chi connectivity index (χ0) is 13.1. The van der Waals surface area contributed by atoms with Gasteiger partial charge in [0, 0.05) is 11.2 Å². The van der Waals surface area contributed by atoms with Gasteiger partial charge in [0.05, 0.1) is 9.73 Å². The first-order valence-electron chi connectivity index (χ1n) is 5.21. The van der Waals surface area contributed by atoms with Crippen LogP contribution >= 0.6 is 0 Å². The molecule has 1 atom stereocenters. The molecule has 0 heterocycles. The van der Waals surface area contributed by atoms with E-state index in [0.717, 1.165) is 0 Å². The standard InChI is InChI=1S/C12H17NO3S/c1-12(2,3)16-11(14)13-17(4,15)10-8-6-5-7-9-10/h5-9H,1-4H3/t17-/m1/s1. The van der Waals surface area contributed by atoms with Crippen LogP contribution in [-0.2, 0) is 14.5 Å². The highest BCUT2D eigenvalue weighted by Crippen LogP contribution is 2.13. The van der Waals surface area contributed by atoms with Crippen LogP contribution in [0.15, 0.2) is 39.6 Å². The molecule has 5 heteroatoms. The number of carbonyl (C=O) groups is 1. The molecule has 0 radical (unpaired) electrons. The maximum absolute atomic E-state index is 12.2. The van der Waals surface area contributed by atoms with Crippen LogP contribution in [0.4, 0.5) is 4.79 Å². The van der Waals surface area contributed by atoms with E-state index >= 15 is 0 Å². The van der Waals surface area contributed by atoms with Crippen molar-refractivity contribution in [3.8, 4) is 0 Å². The summed E-state index contributed by atoms with van der Waals surface area (Å²) in [4.78, 5) is 12.0. The first kappa shape index (κ1) is 13.7. The van der Waals surface area contributed by atoms with Crippen molar-refractivity contribution in [3.05, 3.63) is 30.3 Å². The fraction of sp³-hybridized carbons (Fsp3) is 0.417. The summed E-state index contributed by atoms with van der Waals surface area (Å²) in [6, 6.07) is 8.67. The van der Waals surface area contributed by atoms with E-state index in [1.165, 1.54) is 6.26 Å². The van der Waals surface area contributed by atoms with E-state index in [1.807, 2.05) is 6.07 Å². The van der Waals surface area contributed by atoms with Crippen LogP contribution in [0.1, 0.15) is 20.8 Å². The number of ether oxygens (including phenoxy) is 1. The maximum atomic E-state index is 12.2. The van der Waals surface area contributed by atoms with Gasteiger partial charge in [-0.05, 0) is 32.9 Å². The summed E-state index contributed by atoms with van der Waals surface area (Å²) in [6.07, 6.45) is 0.626. The number of amides is 1. The van der Waals surface area contributed by atoms with E-state index < -0.39 is 21.4 Å². The molecule has 0 aromatic heterocycles. The number of nitrogens with zero attached hydrogens (tertiary/aromatic N) is 1. The predicted octanol–water partition coefficient (Wildman–Crippen LogP) is 3.08. The van der Waals surface area contributed by atoms with E-state index in [0.29, 0.717) is 4.90 Å². The topological polar surface area (TPSA) is 55.7 Å². The van der Waals surface area contributed by atoms with Crippen LogP contribution in [0.25, 0.3) is 0 Å². The quantitative estimate of drug-likeness (QED) is 0.775. The second kappa shape index (κ2) is 4.87. The number of carbonyl (C=O) groups excluding carboxylic acids is 1. The molecular formula is C12H17NO3S. The van der Waals surface area contributed by atoms with Crippen LogP contribution in [0.3, 0.4) is 0 Å². The minimum atomic E-state index is -2.73. The number of hydrogen-bond donors (Lipinski definition) is 0. The molecule has 0 aliphatic carbocycles. The highest BCUT2D eigenvalue weighted by atomic mass is 32.2. The van der Waals surface area contributed by atoms with Gasteiger partial charge in [-0.2, -0.15) is 0 Å². The van der Waals surface area contributed by atoms with Gasteiger partial charge >= 0.3 is 6.09 Å². The summed E-state index contributed by atoms with van der Waals surface area (Å²) >= 11 is 0. The summed E-state index contributed by atoms with van der Waals surface area (Å²) in [6.45, 7) is 5.21. The summed E-state index contributed by atoms with van der Waals surface area (Å²) < 4.78 is 20.9. The Labute approximate surface area is 102 Å². The lowest BCUT2D eigenvalue weighted by atomic mass is 10.2. The molecule has 0 bridgehead atoms. The molecule has 1 rings (SSSR count). The summed E-state index contributed by atoms with van der Waals surface area (Å²) in [5.41, 5.74) is -0.632. The van der Waals surface area contributed by atoms with E-state index in [1.54, 1.807) is 45.0 Å². The second-order valence-corrected chi connectivity index (χ2v) is 6.95. The highest BCUT2D eigenvalue weighted by Gasteiger charge is 2.17. The molecule has 1 aromatic rings. The van der Waals surface area contributed by atoms with E-state index in [4.69, 9.17) is 4.74 Å². The van der Waals surface area contributed by atoms with Crippen LogP contribution < -0.4 is 0 Å². The average Bonchev–Trinajstić information content (AvgIpc) is 2.15. The van der Waals surface area contributed by atoms with Crippen molar-refractivity contribution in [2.24, 2.45) is 4.36 Å². The van der Waals surface area contributed by atoms with Gasteiger partial charge in [0.2, 0.25) is 0 Å². The molecule has 0 saturated heterocycles. The Morgan fingerprint density at radius 3 is 2.24 bits per heavy atom. The lowest BCUT2D eigenvalue weighted by Crippen LogP contribution is -2.22. The molecule has 1 amide bonds. The first-order valence-corrected chi connectivity index (χ1v) is 7.13. The fourth-order valence-electron chi connectivity index (χ4n) is 1.15. The van der Waals surface area contributed by atoms with Gasteiger partial charge in [-0.25, -0.2) is 9.00 Å². The van der Waals surface area contributed by atoms with E-state index in [-0.39, 0.29) is 0 Å². The summed E-state index contributed by atoms with van der Waals surface area (Å²) in [5, 5.41) is 0. The van der Waals surface area contributed by atoms with Crippen LogP contribution in [0.2, 0.25) is 0 Å². The Bertz CT molecular complexity index is 508. The van der Waals surface area contributed by atoms with Gasteiger partial charge in [0.25, 0.3) is 0 Å². The lowest BCUT2D eigenvalue weighted by molar-refractivity contribution is 0.0607. The molecule has 0 fully saturated rings. The van der Waals surface area contributed by atoms with Gasteiger partial charge < -0.3 is 4.74 Å². The van der Waals surface area contributed by atoms with Gasteiger partial charge in [-0.15, -0.1) is 4.36 Å². The summed E-state index contributed by atoms with van der Waals surface area (Å²) in [5.74, 6) is 0. The van der Waals surface area contributed by atoms with Crippen molar-refractivity contribution in [1.29, 1.82) is 0 Å². The van der Waals surface area contributed by atoms with E-state index in [9.17, 15) is 9.00 Å². The third-order valence-electron chi connectivity index (χ3n) is 1.82. The number of benzene rings is 1. The van der Waals surface area contributed by atoms with Crippen molar-refractivity contribution in [2.75, 3.05) is 6.26 Å². The number of hydrogen-bond acceptors (Lipinski definition) is 3. The molecule has 94 valence electrons. The Morgan fingerprint density at radius 1 is 1.24 bits per heavy atom. The maximum Gasteiger partial charge on any atom is 0.442 e. The normalized spacial score (nSPS) is 14.8. The van der Waals surface area contributed by atoms with Crippen LogP contribution in [0.5, 0.6) is 0 Å². The second-order valence-electron chi connectivity index (χ2n) is 4.69. The first-order chi connectivity index (χ1) is 7.71. The Balaban J connectivity index is 2.99. The molecule has 0 aliphatic rings. The third kappa shape index (κ3) is 4.56. The van der Waals surface area contributed by atoms with E-state index in [2.05, 4.69) is 4.36 Å². The molecule has 4 nitrogen and oxygen atoms in total. The molecule has 17 heavy (non-hydrogen) atoms. The predicted molar refractivity (Wildman–Crippen MR) is 67.4 cm³/mol. The summed E-state index contributed by atoms with van der Waals surface area (Å²) in [7, 11) is -2.73. The number of rotatable bonds is 1. The van der Waals surface area contributed by atoms with Gasteiger partial charge in [-0.1, -0.05) is 18.2 Å². The zero-order valence-corrected chi connectivity index (χ0v) is 11.3. The molecule has 0 saturated carbocycles. The Kier molecular flexibility index (Phi) is 3.93.